The van der Waals surface area contributed by atoms with Crippen molar-refractivity contribution < 1.29 is 9.59 Å². The van der Waals surface area contributed by atoms with Crippen LogP contribution >= 0.6 is 0 Å². The van der Waals surface area contributed by atoms with Gasteiger partial charge in [0.2, 0.25) is 11.8 Å². The smallest absolute Gasteiger partial charge is 0.244 e. The average Bonchev–Trinajstić information content (AvgIpc) is 2.94. The number of rotatable bonds is 4. The number of hydrogen-bond acceptors (Lipinski definition) is 4. The summed E-state index contributed by atoms with van der Waals surface area (Å²) in [5.74, 6) is 0.865. The molecule has 118 valence electrons. The molecule has 3 rings (SSSR count). The highest BCUT2D eigenvalue weighted by Crippen LogP contribution is 2.19. The van der Waals surface area contributed by atoms with Crippen LogP contribution in [0.15, 0.2) is 18.3 Å². The Morgan fingerprint density at radius 1 is 1.14 bits per heavy atom. The van der Waals surface area contributed by atoms with Gasteiger partial charge >= 0.3 is 0 Å². The van der Waals surface area contributed by atoms with E-state index in [1.807, 2.05) is 12.1 Å². The number of anilines is 2. The molecule has 2 fully saturated rings. The van der Waals surface area contributed by atoms with E-state index in [4.69, 9.17) is 0 Å². The molecule has 1 aromatic heterocycles. The Kier molecular flexibility index (Phi) is 4.56. The average molecular weight is 302 g/mol. The fraction of sp³-hybridized carbons (Fsp3) is 0.562. The van der Waals surface area contributed by atoms with Gasteiger partial charge < -0.3 is 15.1 Å². The third-order valence-electron chi connectivity index (χ3n) is 4.22. The first kappa shape index (κ1) is 14.8. The molecule has 22 heavy (non-hydrogen) atoms. The van der Waals surface area contributed by atoms with Crippen LogP contribution in [-0.2, 0) is 9.59 Å². The van der Waals surface area contributed by atoms with Crippen molar-refractivity contribution >= 4 is 23.3 Å². The molecule has 6 heteroatoms. The van der Waals surface area contributed by atoms with Gasteiger partial charge in [-0.1, -0.05) is 0 Å². The molecule has 2 aliphatic rings. The van der Waals surface area contributed by atoms with Crippen molar-refractivity contribution in [3.8, 4) is 0 Å². The summed E-state index contributed by atoms with van der Waals surface area (Å²) in [4.78, 5) is 31.8. The van der Waals surface area contributed by atoms with E-state index < -0.39 is 0 Å². The van der Waals surface area contributed by atoms with Crippen molar-refractivity contribution in [2.24, 2.45) is 0 Å². The summed E-state index contributed by atoms with van der Waals surface area (Å²) in [7, 11) is 0. The molecule has 0 saturated carbocycles. The lowest BCUT2D eigenvalue weighted by Gasteiger charge is -2.27. The van der Waals surface area contributed by atoms with Crippen molar-refractivity contribution in [2.45, 2.75) is 32.1 Å². The monoisotopic (exact) mass is 302 g/mol. The molecule has 2 saturated heterocycles. The molecule has 0 bridgehead atoms. The molecule has 1 N–H and O–H groups in total. The molecule has 0 aliphatic carbocycles. The summed E-state index contributed by atoms with van der Waals surface area (Å²) in [6.45, 7) is 2.91. The van der Waals surface area contributed by atoms with Gasteiger partial charge in [0.1, 0.15) is 5.82 Å². The molecular formula is C16H22N4O2. The maximum Gasteiger partial charge on any atom is 0.244 e. The van der Waals surface area contributed by atoms with E-state index in [-0.39, 0.29) is 18.4 Å². The minimum Gasteiger partial charge on any atom is -0.357 e. The number of piperidine rings is 1. The van der Waals surface area contributed by atoms with E-state index in [9.17, 15) is 9.59 Å². The van der Waals surface area contributed by atoms with E-state index in [1.54, 1.807) is 11.1 Å². The molecule has 0 aromatic carbocycles. The van der Waals surface area contributed by atoms with Gasteiger partial charge in [-0.15, -0.1) is 0 Å². The summed E-state index contributed by atoms with van der Waals surface area (Å²) in [5.41, 5.74) is 0.678. The molecule has 2 aliphatic heterocycles. The van der Waals surface area contributed by atoms with Crippen LogP contribution in [0.4, 0.5) is 11.5 Å². The minimum absolute atomic E-state index is 0.0636. The molecule has 6 nitrogen and oxygen atoms in total. The van der Waals surface area contributed by atoms with E-state index in [0.29, 0.717) is 18.7 Å². The van der Waals surface area contributed by atoms with Crippen LogP contribution in [0.3, 0.4) is 0 Å². The standard InChI is InChI=1S/C16H22N4O2/c21-15(12-20-10-4-5-16(20)22)18-13-6-7-14(17-11-13)19-8-2-1-3-9-19/h6-7,11H,1-5,8-10,12H2,(H,18,21). The van der Waals surface area contributed by atoms with Gasteiger partial charge in [0, 0.05) is 26.1 Å². The third kappa shape index (κ3) is 3.55. The summed E-state index contributed by atoms with van der Waals surface area (Å²) >= 11 is 0. The van der Waals surface area contributed by atoms with Crippen LogP contribution in [0, 0.1) is 0 Å². The zero-order chi connectivity index (χ0) is 15.4. The number of nitrogens with zero attached hydrogens (tertiary/aromatic N) is 3. The topological polar surface area (TPSA) is 65.5 Å². The number of carbonyl (C=O) groups excluding carboxylic acids is 2. The summed E-state index contributed by atoms with van der Waals surface area (Å²) in [6, 6.07) is 3.82. The lowest BCUT2D eigenvalue weighted by atomic mass is 10.1. The Bertz CT molecular complexity index is 538. The highest BCUT2D eigenvalue weighted by atomic mass is 16.2. The van der Waals surface area contributed by atoms with Crippen molar-refractivity contribution in [1.82, 2.24) is 9.88 Å². The summed E-state index contributed by atoms with van der Waals surface area (Å²) in [5, 5.41) is 2.81. The largest absolute Gasteiger partial charge is 0.357 e. The predicted octanol–water partition coefficient (Wildman–Crippen LogP) is 1.63. The Balaban J connectivity index is 1.54. The van der Waals surface area contributed by atoms with Gasteiger partial charge in [0.05, 0.1) is 18.4 Å². The number of amides is 2. The highest BCUT2D eigenvalue weighted by molar-refractivity contribution is 5.94. The van der Waals surface area contributed by atoms with Crippen molar-refractivity contribution in [1.29, 1.82) is 0 Å². The number of pyridine rings is 1. The molecule has 0 atom stereocenters. The number of likely N-dealkylation sites (tertiary alicyclic amines) is 1. The number of hydrogen-bond donors (Lipinski definition) is 1. The fourth-order valence-corrected chi connectivity index (χ4v) is 3.02. The Morgan fingerprint density at radius 3 is 2.59 bits per heavy atom. The molecule has 1 aromatic rings. The van der Waals surface area contributed by atoms with Gasteiger partial charge in [-0.05, 0) is 37.8 Å². The van der Waals surface area contributed by atoms with Crippen molar-refractivity contribution in [3.63, 3.8) is 0 Å². The second-order valence-corrected chi connectivity index (χ2v) is 5.92. The van der Waals surface area contributed by atoms with Crippen LogP contribution in [-0.4, -0.2) is 47.9 Å². The zero-order valence-corrected chi connectivity index (χ0v) is 12.8. The Labute approximate surface area is 130 Å². The third-order valence-corrected chi connectivity index (χ3v) is 4.22. The van der Waals surface area contributed by atoms with Gasteiger partial charge in [-0.3, -0.25) is 9.59 Å². The van der Waals surface area contributed by atoms with Crippen LogP contribution in [0.25, 0.3) is 0 Å². The first-order valence-electron chi connectivity index (χ1n) is 8.01. The zero-order valence-electron chi connectivity index (χ0n) is 12.8. The first-order valence-corrected chi connectivity index (χ1v) is 8.01. The van der Waals surface area contributed by atoms with Gasteiger partial charge in [-0.2, -0.15) is 0 Å². The molecule has 2 amide bonds. The second-order valence-electron chi connectivity index (χ2n) is 5.92. The normalized spacial score (nSPS) is 18.6. The van der Waals surface area contributed by atoms with Gasteiger partial charge in [0.15, 0.2) is 0 Å². The predicted molar refractivity (Wildman–Crippen MR) is 84.7 cm³/mol. The summed E-state index contributed by atoms with van der Waals surface area (Å²) < 4.78 is 0. The lowest BCUT2D eigenvalue weighted by Crippen LogP contribution is -2.34. The van der Waals surface area contributed by atoms with Crippen LogP contribution in [0.5, 0.6) is 0 Å². The molecule has 3 heterocycles. The minimum atomic E-state index is -0.164. The summed E-state index contributed by atoms with van der Waals surface area (Å²) in [6.07, 6.45) is 6.80. The van der Waals surface area contributed by atoms with Crippen molar-refractivity contribution in [2.75, 3.05) is 36.4 Å². The quantitative estimate of drug-likeness (QED) is 0.918. The van der Waals surface area contributed by atoms with E-state index >= 15 is 0 Å². The maximum atomic E-state index is 12.0. The van der Waals surface area contributed by atoms with Crippen LogP contribution in [0.2, 0.25) is 0 Å². The van der Waals surface area contributed by atoms with E-state index in [0.717, 1.165) is 25.3 Å². The number of aromatic nitrogens is 1. The highest BCUT2D eigenvalue weighted by Gasteiger charge is 2.22. The Hall–Kier alpha value is -2.11. The van der Waals surface area contributed by atoms with Gasteiger partial charge in [0.25, 0.3) is 0 Å². The molecule has 0 spiro atoms. The van der Waals surface area contributed by atoms with Gasteiger partial charge in [-0.25, -0.2) is 4.98 Å². The number of carbonyl (C=O) groups is 2. The second kappa shape index (κ2) is 6.77. The van der Waals surface area contributed by atoms with Crippen LogP contribution in [0.1, 0.15) is 32.1 Å². The molecule has 0 radical (unpaired) electrons. The number of nitrogens with one attached hydrogen (secondary N) is 1. The Morgan fingerprint density at radius 2 is 1.95 bits per heavy atom. The maximum absolute atomic E-state index is 12.0. The van der Waals surface area contributed by atoms with Crippen LogP contribution < -0.4 is 10.2 Å². The molecular weight excluding hydrogens is 280 g/mol. The first-order chi connectivity index (χ1) is 10.7. The fourth-order valence-electron chi connectivity index (χ4n) is 3.02. The van der Waals surface area contributed by atoms with Crippen molar-refractivity contribution in [3.05, 3.63) is 18.3 Å². The SMILES string of the molecule is O=C(CN1CCCC1=O)Nc1ccc(N2CCCCC2)nc1. The van der Waals surface area contributed by atoms with E-state index in [1.165, 1.54) is 19.3 Å². The van der Waals surface area contributed by atoms with E-state index in [2.05, 4.69) is 15.2 Å². The lowest BCUT2D eigenvalue weighted by molar-refractivity contribution is -0.131. The molecule has 0 unspecified atom stereocenters.